The quantitative estimate of drug-likeness (QED) is 0.896. The van der Waals surface area contributed by atoms with Gasteiger partial charge in [-0.25, -0.2) is 4.68 Å². The molecule has 0 saturated carbocycles. The minimum Gasteiger partial charge on any atom is -0.364 e. The van der Waals surface area contributed by atoms with Crippen LogP contribution in [0.2, 0.25) is 5.02 Å². The van der Waals surface area contributed by atoms with Gasteiger partial charge >= 0.3 is 0 Å². The van der Waals surface area contributed by atoms with Crippen molar-refractivity contribution in [1.29, 1.82) is 0 Å². The molecule has 7 heteroatoms. The van der Waals surface area contributed by atoms with Crippen molar-refractivity contribution in [3.8, 4) is 0 Å². The minimum absolute atomic E-state index is 0.176. The SMILES string of the molecule is NC(=O)c1nn(C2CCCCO2)c2cc(Br)cc(Cl)c12. The lowest BCUT2D eigenvalue weighted by Crippen LogP contribution is -2.20. The van der Waals surface area contributed by atoms with Crippen LogP contribution in [0.15, 0.2) is 16.6 Å². The van der Waals surface area contributed by atoms with E-state index in [1.54, 1.807) is 10.7 Å². The molecule has 1 aliphatic heterocycles. The number of halogens is 2. The van der Waals surface area contributed by atoms with Crippen molar-refractivity contribution in [2.24, 2.45) is 5.73 Å². The van der Waals surface area contributed by atoms with Gasteiger partial charge in [-0.3, -0.25) is 4.79 Å². The van der Waals surface area contributed by atoms with E-state index in [2.05, 4.69) is 21.0 Å². The number of carbonyl (C=O) groups is 1. The fourth-order valence-corrected chi connectivity index (χ4v) is 3.38. The van der Waals surface area contributed by atoms with Gasteiger partial charge in [-0.15, -0.1) is 0 Å². The molecule has 0 bridgehead atoms. The van der Waals surface area contributed by atoms with Gasteiger partial charge < -0.3 is 10.5 Å². The first kappa shape index (κ1) is 13.9. The molecule has 3 rings (SSSR count). The van der Waals surface area contributed by atoms with Crippen LogP contribution in [-0.4, -0.2) is 22.3 Å². The number of amides is 1. The van der Waals surface area contributed by atoms with Crippen molar-refractivity contribution in [3.05, 3.63) is 27.3 Å². The Morgan fingerprint density at radius 2 is 2.30 bits per heavy atom. The lowest BCUT2D eigenvalue weighted by Gasteiger charge is -2.23. The molecule has 1 unspecified atom stereocenters. The molecule has 106 valence electrons. The van der Waals surface area contributed by atoms with Crippen LogP contribution in [0.25, 0.3) is 10.9 Å². The molecule has 1 aromatic carbocycles. The second-order valence-corrected chi connectivity index (χ2v) is 6.08. The highest BCUT2D eigenvalue weighted by Gasteiger charge is 2.24. The van der Waals surface area contributed by atoms with E-state index in [0.29, 0.717) is 17.0 Å². The summed E-state index contributed by atoms with van der Waals surface area (Å²) in [6.07, 6.45) is 2.80. The van der Waals surface area contributed by atoms with Crippen molar-refractivity contribution >= 4 is 44.3 Å². The molecule has 0 aliphatic carbocycles. The molecule has 1 fully saturated rings. The number of benzene rings is 1. The molecule has 1 aromatic heterocycles. The van der Waals surface area contributed by atoms with Gasteiger partial charge in [0.15, 0.2) is 11.9 Å². The largest absolute Gasteiger partial charge is 0.364 e. The summed E-state index contributed by atoms with van der Waals surface area (Å²) in [5, 5.41) is 5.36. The minimum atomic E-state index is -0.589. The number of ether oxygens (including phenoxy) is 1. The van der Waals surface area contributed by atoms with Gasteiger partial charge in [0.2, 0.25) is 0 Å². The molecular formula is C13H13BrClN3O2. The molecule has 1 amide bonds. The number of hydrogen-bond acceptors (Lipinski definition) is 3. The molecule has 20 heavy (non-hydrogen) atoms. The van der Waals surface area contributed by atoms with E-state index in [1.165, 1.54) is 0 Å². The van der Waals surface area contributed by atoms with Crippen molar-refractivity contribution in [2.45, 2.75) is 25.5 Å². The van der Waals surface area contributed by atoms with Gasteiger partial charge in [0.25, 0.3) is 5.91 Å². The van der Waals surface area contributed by atoms with E-state index < -0.39 is 5.91 Å². The van der Waals surface area contributed by atoms with Crippen molar-refractivity contribution in [3.63, 3.8) is 0 Å². The van der Waals surface area contributed by atoms with Crippen LogP contribution >= 0.6 is 27.5 Å². The zero-order chi connectivity index (χ0) is 14.3. The number of carbonyl (C=O) groups excluding carboxylic acids is 1. The van der Waals surface area contributed by atoms with E-state index in [1.807, 2.05) is 6.07 Å². The standard InChI is InChI=1S/C13H13BrClN3O2/c14-7-5-8(15)11-9(6-7)18(17-12(11)13(16)19)10-3-1-2-4-20-10/h5-6,10H,1-4H2,(H2,16,19). The maximum Gasteiger partial charge on any atom is 0.269 e. The van der Waals surface area contributed by atoms with E-state index in [4.69, 9.17) is 22.1 Å². The first-order valence-electron chi connectivity index (χ1n) is 6.36. The monoisotopic (exact) mass is 357 g/mol. The van der Waals surface area contributed by atoms with E-state index in [0.717, 1.165) is 29.3 Å². The normalized spacial score (nSPS) is 19.4. The highest BCUT2D eigenvalue weighted by atomic mass is 79.9. The Kier molecular flexibility index (Phi) is 3.70. The first-order chi connectivity index (χ1) is 9.58. The fourth-order valence-electron chi connectivity index (χ4n) is 2.50. The second kappa shape index (κ2) is 5.35. The maximum absolute atomic E-state index is 11.6. The smallest absolute Gasteiger partial charge is 0.269 e. The second-order valence-electron chi connectivity index (χ2n) is 4.76. The van der Waals surface area contributed by atoms with Crippen molar-refractivity contribution < 1.29 is 9.53 Å². The highest BCUT2D eigenvalue weighted by Crippen LogP contribution is 2.34. The lowest BCUT2D eigenvalue weighted by atomic mass is 10.1. The number of nitrogens with two attached hydrogens (primary N) is 1. The average Bonchev–Trinajstić information content (AvgIpc) is 2.79. The highest BCUT2D eigenvalue weighted by molar-refractivity contribution is 9.10. The first-order valence-corrected chi connectivity index (χ1v) is 7.53. The predicted octanol–water partition coefficient (Wildman–Crippen LogP) is 3.25. The van der Waals surface area contributed by atoms with Crippen LogP contribution < -0.4 is 5.73 Å². The summed E-state index contributed by atoms with van der Waals surface area (Å²) in [4.78, 5) is 11.6. The Morgan fingerprint density at radius 3 is 2.95 bits per heavy atom. The summed E-state index contributed by atoms with van der Waals surface area (Å²) in [5.41, 5.74) is 6.35. The molecule has 2 N–H and O–H groups in total. The Balaban J connectivity index is 2.23. The van der Waals surface area contributed by atoms with Crippen molar-refractivity contribution in [1.82, 2.24) is 9.78 Å². The lowest BCUT2D eigenvalue weighted by molar-refractivity contribution is -0.0368. The Labute approximate surface area is 129 Å². The zero-order valence-electron chi connectivity index (χ0n) is 10.6. The van der Waals surface area contributed by atoms with Crippen LogP contribution in [-0.2, 0) is 4.74 Å². The van der Waals surface area contributed by atoms with Crippen LogP contribution in [0, 0.1) is 0 Å². The Hall–Kier alpha value is -1.11. The number of rotatable bonds is 2. The van der Waals surface area contributed by atoms with Gasteiger partial charge in [0, 0.05) is 11.1 Å². The van der Waals surface area contributed by atoms with Gasteiger partial charge in [-0.05, 0) is 31.4 Å². The molecule has 2 heterocycles. The van der Waals surface area contributed by atoms with E-state index >= 15 is 0 Å². The molecule has 1 saturated heterocycles. The number of hydrogen-bond donors (Lipinski definition) is 1. The molecule has 2 aromatic rings. The predicted molar refractivity (Wildman–Crippen MR) is 79.8 cm³/mol. The molecule has 0 spiro atoms. The summed E-state index contributed by atoms with van der Waals surface area (Å²) < 4.78 is 8.27. The van der Waals surface area contributed by atoms with Gasteiger partial charge in [-0.2, -0.15) is 5.10 Å². The Morgan fingerprint density at radius 1 is 1.50 bits per heavy atom. The molecule has 1 aliphatic rings. The third-order valence-electron chi connectivity index (χ3n) is 3.39. The van der Waals surface area contributed by atoms with Gasteiger partial charge in [-0.1, -0.05) is 27.5 Å². The van der Waals surface area contributed by atoms with E-state index in [9.17, 15) is 4.79 Å². The number of fused-ring (bicyclic) bond motifs is 1. The summed E-state index contributed by atoms with van der Waals surface area (Å²) in [7, 11) is 0. The van der Waals surface area contributed by atoms with Crippen LogP contribution in [0.4, 0.5) is 0 Å². The van der Waals surface area contributed by atoms with Crippen LogP contribution in [0.3, 0.4) is 0 Å². The van der Waals surface area contributed by atoms with Crippen molar-refractivity contribution in [2.75, 3.05) is 6.61 Å². The summed E-state index contributed by atoms with van der Waals surface area (Å²) >= 11 is 9.64. The number of primary amides is 1. The summed E-state index contributed by atoms with van der Waals surface area (Å²) in [5.74, 6) is -0.589. The maximum atomic E-state index is 11.6. The van der Waals surface area contributed by atoms with Crippen LogP contribution in [0.5, 0.6) is 0 Å². The third kappa shape index (κ3) is 2.32. The zero-order valence-corrected chi connectivity index (χ0v) is 12.9. The van der Waals surface area contributed by atoms with E-state index in [-0.39, 0.29) is 11.9 Å². The molecule has 1 atom stereocenters. The fraction of sp³-hybridized carbons (Fsp3) is 0.385. The van der Waals surface area contributed by atoms with Gasteiger partial charge in [0.05, 0.1) is 15.9 Å². The topological polar surface area (TPSA) is 70.1 Å². The third-order valence-corrected chi connectivity index (χ3v) is 4.14. The average molecular weight is 359 g/mol. The summed E-state index contributed by atoms with van der Waals surface area (Å²) in [6, 6.07) is 3.60. The summed E-state index contributed by atoms with van der Waals surface area (Å²) in [6.45, 7) is 0.694. The van der Waals surface area contributed by atoms with Gasteiger partial charge in [0.1, 0.15) is 0 Å². The number of aromatic nitrogens is 2. The Bertz CT molecular complexity index is 680. The molecular weight excluding hydrogens is 346 g/mol. The molecule has 0 radical (unpaired) electrons. The van der Waals surface area contributed by atoms with Crippen LogP contribution in [0.1, 0.15) is 36.0 Å². The number of nitrogens with zero attached hydrogens (tertiary/aromatic N) is 2. The molecule has 5 nitrogen and oxygen atoms in total.